The summed E-state index contributed by atoms with van der Waals surface area (Å²) in [4.78, 5) is 0. The lowest BCUT2D eigenvalue weighted by molar-refractivity contribution is 0.0705. The predicted octanol–water partition coefficient (Wildman–Crippen LogP) is 3.28. The quantitative estimate of drug-likeness (QED) is 0.683. The molecule has 0 aliphatic rings. The van der Waals surface area contributed by atoms with E-state index in [1.165, 1.54) is 11.3 Å². The summed E-state index contributed by atoms with van der Waals surface area (Å²) in [5.41, 5.74) is 2.56. The highest BCUT2D eigenvalue weighted by molar-refractivity contribution is 5.44. The highest BCUT2D eigenvalue weighted by atomic mass is 16.5. The van der Waals surface area contributed by atoms with Crippen molar-refractivity contribution < 1.29 is 9.47 Å². The zero-order valence-electron chi connectivity index (χ0n) is 11.7. The SMILES string of the molecule is COCCOCCCNc1ccc(C(C)C)cc1. The number of nitrogens with one attached hydrogen (secondary N) is 1. The first-order valence-corrected chi connectivity index (χ1v) is 6.64. The van der Waals surface area contributed by atoms with Crippen LogP contribution in [0.2, 0.25) is 0 Å². The van der Waals surface area contributed by atoms with Gasteiger partial charge in [0.25, 0.3) is 0 Å². The van der Waals surface area contributed by atoms with Gasteiger partial charge in [-0.2, -0.15) is 0 Å². The molecule has 0 bridgehead atoms. The highest BCUT2D eigenvalue weighted by Crippen LogP contribution is 2.16. The van der Waals surface area contributed by atoms with E-state index in [9.17, 15) is 0 Å². The Hall–Kier alpha value is -1.06. The van der Waals surface area contributed by atoms with E-state index in [1.54, 1.807) is 7.11 Å². The lowest BCUT2D eigenvalue weighted by atomic mass is 10.0. The van der Waals surface area contributed by atoms with Crippen molar-refractivity contribution in [3.8, 4) is 0 Å². The van der Waals surface area contributed by atoms with Crippen molar-refractivity contribution in [3.05, 3.63) is 29.8 Å². The minimum absolute atomic E-state index is 0.591. The maximum absolute atomic E-state index is 5.40. The molecule has 0 saturated carbocycles. The van der Waals surface area contributed by atoms with Crippen molar-refractivity contribution in [1.29, 1.82) is 0 Å². The maximum Gasteiger partial charge on any atom is 0.0700 e. The molecule has 0 aliphatic carbocycles. The van der Waals surface area contributed by atoms with E-state index in [1.807, 2.05) is 0 Å². The summed E-state index contributed by atoms with van der Waals surface area (Å²) in [7, 11) is 1.69. The maximum atomic E-state index is 5.40. The molecule has 3 nitrogen and oxygen atoms in total. The number of benzene rings is 1. The number of rotatable bonds is 9. The summed E-state index contributed by atoms with van der Waals surface area (Å²) < 4.78 is 10.3. The van der Waals surface area contributed by atoms with Crippen LogP contribution in [0, 0.1) is 0 Å². The van der Waals surface area contributed by atoms with Gasteiger partial charge < -0.3 is 14.8 Å². The molecule has 1 aromatic rings. The van der Waals surface area contributed by atoms with Crippen LogP contribution in [0.4, 0.5) is 5.69 Å². The molecule has 1 N–H and O–H groups in total. The average molecular weight is 251 g/mol. The molecular weight excluding hydrogens is 226 g/mol. The van der Waals surface area contributed by atoms with E-state index in [0.717, 1.165) is 19.6 Å². The van der Waals surface area contributed by atoms with Crippen molar-refractivity contribution in [3.63, 3.8) is 0 Å². The molecule has 0 heterocycles. The largest absolute Gasteiger partial charge is 0.385 e. The van der Waals surface area contributed by atoms with Crippen LogP contribution in [0.15, 0.2) is 24.3 Å². The molecule has 0 spiro atoms. The Morgan fingerprint density at radius 1 is 1.06 bits per heavy atom. The van der Waals surface area contributed by atoms with E-state index in [4.69, 9.17) is 9.47 Å². The molecule has 3 heteroatoms. The van der Waals surface area contributed by atoms with Gasteiger partial charge in [-0.25, -0.2) is 0 Å². The Morgan fingerprint density at radius 2 is 1.78 bits per heavy atom. The third kappa shape index (κ3) is 6.03. The molecular formula is C15H25NO2. The Kier molecular flexibility index (Phi) is 7.46. The Labute approximate surface area is 110 Å². The fourth-order valence-electron chi connectivity index (χ4n) is 1.64. The third-order valence-electron chi connectivity index (χ3n) is 2.80. The van der Waals surface area contributed by atoms with Crippen molar-refractivity contribution in [2.24, 2.45) is 0 Å². The standard InChI is InChI=1S/C15H25NO2/c1-13(2)14-5-7-15(8-6-14)16-9-4-10-18-12-11-17-3/h5-8,13,16H,4,9-12H2,1-3H3. The summed E-state index contributed by atoms with van der Waals surface area (Å²) in [5, 5.41) is 3.39. The Balaban J connectivity index is 2.12. The van der Waals surface area contributed by atoms with Crippen LogP contribution in [-0.2, 0) is 9.47 Å². The van der Waals surface area contributed by atoms with Gasteiger partial charge >= 0.3 is 0 Å². The summed E-state index contributed by atoms with van der Waals surface area (Å²) in [6.07, 6.45) is 1.01. The van der Waals surface area contributed by atoms with Crippen LogP contribution >= 0.6 is 0 Å². The van der Waals surface area contributed by atoms with Gasteiger partial charge in [-0.3, -0.25) is 0 Å². The second kappa shape index (κ2) is 8.95. The minimum atomic E-state index is 0.591. The summed E-state index contributed by atoms with van der Waals surface area (Å²) in [6, 6.07) is 8.65. The van der Waals surface area contributed by atoms with Gasteiger partial charge in [-0.15, -0.1) is 0 Å². The molecule has 1 aromatic carbocycles. The smallest absolute Gasteiger partial charge is 0.0700 e. The van der Waals surface area contributed by atoms with Crippen molar-refractivity contribution >= 4 is 5.69 Å². The van der Waals surface area contributed by atoms with Crippen molar-refractivity contribution in [2.75, 3.05) is 38.8 Å². The Morgan fingerprint density at radius 3 is 2.39 bits per heavy atom. The van der Waals surface area contributed by atoms with Gasteiger partial charge in [0.05, 0.1) is 13.2 Å². The fourth-order valence-corrected chi connectivity index (χ4v) is 1.64. The molecule has 18 heavy (non-hydrogen) atoms. The number of methoxy groups -OCH3 is 1. The lowest BCUT2D eigenvalue weighted by Crippen LogP contribution is -2.08. The van der Waals surface area contributed by atoms with Gasteiger partial charge in [-0.1, -0.05) is 26.0 Å². The van der Waals surface area contributed by atoms with Crippen LogP contribution in [-0.4, -0.2) is 33.5 Å². The fraction of sp³-hybridized carbons (Fsp3) is 0.600. The van der Waals surface area contributed by atoms with Crippen molar-refractivity contribution in [2.45, 2.75) is 26.2 Å². The second-order valence-electron chi connectivity index (χ2n) is 4.66. The lowest BCUT2D eigenvalue weighted by Gasteiger charge is -2.09. The number of anilines is 1. The van der Waals surface area contributed by atoms with Crippen LogP contribution in [0.1, 0.15) is 31.7 Å². The van der Waals surface area contributed by atoms with E-state index in [0.29, 0.717) is 19.1 Å². The van der Waals surface area contributed by atoms with Crippen molar-refractivity contribution in [1.82, 2.24) is 0 Å². The molecule has 0 atom stereocenters. The van der Waals surface area contributed by atoms with E-state index >= 15 is 0 Å². The summed E-state index contributed by atoms with van der Waals surface area (Å²) >= 11 is 0. The number of hydrogen-bond donors (Lipinski definition) is 1. The van der Waals surface area contributed by atoms with Gasteiger partial charge in [0.15, 0.2) is 0 Å². The summed E-state index contributed by atoms with van der Waals surface area (Å²) in [6.45, 7) is 7.48. The summed E-state index contributed by atoms with van der Waals surface area (Å²) in [5.74, 6) is 0.591. The molecule has 0 unspecified atom stereocenters. The van der Waals surface area contributed by atoms with Gasteiger partial charge in [0.2, 0.25) is 0 Å². The second-order valence-corrected chi connectivity index (χ2v) is 4.66. The van der Waals surface area contributed by atoms with E-state index < -0.39 is 0 Å². The monoisotopic (exact) mass is 251 g/mol. The van der Waals surface area contributed by atoms with Gasteiger partial charge in [0.1, 0.15) is 0 Å². The minimum Gasteiger partial charge on any atom is -0.385 e. The van der Waals surface area contributed by atoms with E-state index in [-0.39, 0.29) is 0 Å². The molecule has 0 aromatic heterocycles. The number of hydrogen-bond acceptors (Lipinski definition) is 3. The predicted molar refractivity (Wildman–Crippen MR) is 76.3 cm³/mol. The molecule has 0 saturated heterocycles. The van der Waals surface area contributed by atoms with Crippen LogP contribution in [0.5, 0.6) is 0 Å². The third-order valence-corrected chi connectivity index (χ3v) is 2.80. The molecule has 0 fully saturated rings. The highest BCUT2D eigenvalue weighted by Gasteiger charge is 1.98. The first kappa shape index (κ1) is 15.0. The van der Waals surface area contributed by atoms with Crippen LogP contribution in [0.3, 0.4) is 0 Å². The first-order chi connectivity index (χ1) is 8.74. The zero-order valence-corrected chi connectivity index (χ0v) is 11.7. The average Bonchev–Trinajstić information content (AvgIpc) is 2.38. The first-order valence-electron chi connectivity index (χ1n) is 6.64. The Bertz CT molecular complexity index is 309. The van der Waals surface area contributed by atoms with E-state index in [2.05, 4.69) is 43.4 Å². The topological polar surface area (TPSA) is 30.5 Å². The van der Waals surface area contributed by atoms with Gasteiger partial charge in [-0.05, 0) is 30.0 Å². The number of ether oxygens (including phenoxy) is 2. The molecule has 0 aliphatic heterocycles. The molecule has 102 valence electrons. The molecule has 0 amide bonds. The molecule has 0 radical (unpaired) electrons. The zero-order chi connectivity index (χ0) is 13.2. The molecule has 1 rings (SSSR count). The van der Waals surface area contributed by atoms with Crippen LogP contribution in [0.25, 0.3) is 0 Å². The normalized spacial score (nSPS) is 10.9. The van der Waals surface area contributed by atoms with Crippen LogP contribution < -0.4 is 5.32 Å². The van der Waals surface area contributed by atoms with Gasteiger partial charge in [0, 0.05) is 25.9 Å².